The van der Waals surface area contributed by atoms with E-state index < -0.39 is 0 Å². The number of benzene rings is 10. The number of hydrogen-bond acceptors (Lipinski definition) is 4. The molecule has 0 aliphatic heterocycles. The zero-order valence-electron chi connectivity index (χ0n) is 33.3. The summed E-state index contributed by atoms with van der Waals surface area (Å²) in [6.07, 6.45) is 0. The van der Waals surface area contributed by atoms with Crippen LogP contribution >= 0.6 is 0 Å². The molecule has 0 radical (unpaired) electrons. The quantitative estimate of drug-likeness (QED) is 0.174. The Bertz CT molecular complexity index is 3910. The Morgan fingerprint density at radius 3 is 1.61 bits per heavy atom. The first-order valence-corrected chi connectivity index (χ1v) is 20.9. The van der Waals surface area contributed by atoms with Crippen molar-refractivity contribution < 1.29 is 4.42 Å². The van der Waals surface area contributed by atoms with E-state index >= 15 is 0 Å². The van der Waals surface area contributed by atoms with E-state index in [1.54, 1.807) is 0 Å². The molecule has 288 valence electrons. The van der Waals surface area contributed by atoms with Crippen molar-refractivity contribution >= 4 is 76.1 Å². The number of nitrogens with zero attached hydrogens (tertiary/aromatic N) is 4. The van der Waals surface area contributed by atoms with Gasteiger partial charge in [0, 0.05) is 44.3 Å². The van der Waals surface area contributed by atoms with Gasteiger partial charge in [0.15, 0.2) is 17.5 Å². The van der Waals surface area contributed by atoms with E-state index in [1.165, 1.54) is 21.5 Å². The Hall–Kier alpha value is -8.41. The summed E-state index contributed by atoms with van der Waals surface area (Å²) in [5.41, 5.74) is 9.72. The lowest BCUT2D eigenvalue weighted by Crippen LogP contribution is -2.04. The van der Waals surface area contributed by atoms with E-state index in [4.69, 9.17) is 19.4 Å². The van der Waals surface area contributed by atoms with E-state index in [1.807, 2.05) is 6.07 Å². The molecule has 13 aromatic rings. The highest BCUT2D eigenvalue weighted by atomic mass is 16.3. The summed E-state index contributed by atoms with van der Waals surface area (Å²) in [7, 11) is 0. The van der Waals surface area contributed by atoms with Crippen LogP contribution in [-0.4, -0.2) is 19.5 Å². The van der Waals surface area contributed by atoms with Crippen molar-refractivity contribution in [2.45, 2.75) is 0 Å². The molecule has 0 unspecified atom stereocenters. The summed E-state index contributed by atoms with van der Waals surface area (Å²) >= 11 is 0. The van der Waals surface area contributed by atoms with Gasteiger partial charge in [-0.1, -0.05) is 164 Å². The first-order chi connectivity index (χ1) is 30.7. The summed E-state index contributed by atoms with van der Waals surface area (Å²) in [6, 6.07) is 72.8. The van der Waals surface area contributed by atoms with Crippen LogP contribution in [0.2, 0.25) is 0 Å². The maximum Gasteiger partial charge on any atom is 0.166 e. The van der Waals surface area contributed by atoms with Crippen LogP contribution in [0.4, 0.5) is 0 Å². The van der Waals surface area contributed by atoms with Gasteiger partial charge < -0.3 is 8.98 Å². The predicted molar refractivity (Wildman–Crippen MR) is 256 cm³/mol. The predicted octanol–water partition coefficient (Wildman–Crippen LogP) is 15.0. The maximum atomic E-state index is 6.80. The molecule has 13 rings (SSSR count). The third-order valence-electron chi connectivity index (χ3n) is 12.4. The minimum Gasteiger partial charge on any atom is -0.456 e. The topological polar surface area (TPSA) is 56.7 Å². The number of fused-ring (bicyclic) bond motifs is 9. The molecule has 3 aromatic heterocycles. The van der Waals surface area contributed by atoms with Gasteiger partial charge in [0.2, 0.25) is 0 Å². The monoisotopic (exact) mass is 790 g/mol. The van der Waals surface area contributed by atoms with Gasteiger partial charge in [0.25, 0.3) is 0 Å². The van der Waals surface area contributed by atoms with Crippen LogP contribution in [0.25, 0.3) is 127 Å². The summed E-state index contributed by atoms with van der Waals surface area (Å²) in [6.45, 7) is 0. The van der Waals surface area contributed by atoms with E-state index in [9.17, 15) is 0 Å². The molecule has 5 heteroatoms. The Morgan fingerprint density at radius 1 is 0.306 bits per heavy atom. The van der Waals surface area contributed by atoms with Crippen LogP contribution in [-0.2, 0) is 0 Å². The first-order valence-electron chi connectivity index (χ1n) is 20.9. The van der Waals surface area contributed by atoms with Gasteiger partial charge in [-0.15, -0.1) is 0 Å². The standard InChI is InChI=1S/C57H34N4O/c1-2-13-35(14-3-1)36-25-27-38(28-26-36)55-58-56(45-23-12-20-37-15-8-9-21-43(37)45)60-57(59-55)49-33-48-47-30-40-17-5-7-19-42(40)32-53(47)62-54(48)34-52(49)61-50-24-11-10-22-44(50)46-29-39-16-4-6-18-41(39)31-51(46)61/h1-34H. The first kappa shape index (κ1) is 34.5. The van der Waals surface area contributed by atoms with E-state index in [2.05, 4.69) is 205 Å². The number of aromatic nitrogens is 4. The molecular weight excluding hydrogens is 757 g/mol. The molecule has 0 saturated carbocycles. The number of para-hydroxylation sites is 1. The number of hydrogen-bond donors (Lipinski definition) is 0. The van der Waals surface area contributed by atoms with Crippen molar-refractivity contribution in [1.29, 1.82) is 0 Å². The molecule has 0 atom stereocenters. The number of furan rings is 1. The molecule has 0 saturated heterocycles. The lowest BCUT2D eigenvalue weighted by molar-refractivity contribution is 0.669. The summed E-state index contributed by atoms with van der Waals surface area (Å²) in [5, 5.41) is 11.2. The second kappa shape index (κ2) is 13.6. The summed E-state index contributed by atoms with van der Waals surface area (Å²) in [4.78, 5) is 16.1. The fourth-order valence-electron chi connectivity index (χ4n) is 9.38. The van der Waals surface area contributed by atoms with E-state index in [-0.39, 0.29) is 0 Å². The lowest BCUT2D eigenvalue weighted by Gasteiger charge is -2.16. The Labute approximate surface area is 355 Å². The highest BCUT2D eigenvalue weighted by Crippen LogP contribution is 2.42. The average Bonchev–Trinajstić information content (AvgIpc) is 3.85. The molecule has 0 amide bonds. The zero-order chi connectivity index (χ0) is 40.7. The SMILES string of the molecule is c1ccc(-c2ccc(-c3nc(-c4cc5c(cc4-n4c6ccccc6c6cc7ccccc7cc64)oc4cc6ccccc6cc45)nc(-c4cccc5ccccc45)n3)cc2)cc1. The molecule has 0 spiro atoms. The van der Waals surface area contributed by atoms with Crippen molar-refractivity contribution in [3.8, 4) is 51.0 Å². The third-order valence-corrected chi connectivity index (χ3v) is 12.4. The fourth-order valence-corrected chi connectivity index (χ4v) is 9.38. The Kier molecular flexibility index (Phi) is 7.54. The molecule has 0 aliphatic carbocycles. The summed E-state index contributed by atoms with van der Waals surface area (Å²) < 4.78 is 9.17. The second-order valence-electron chi connectivity index (χ2n) is 16.0. The fraction of sp³-hybridized carbons (Fsp3) is 0. The van der Waals surface area contributed by atoms with Gasteiger partial charge >= 0.3 is 0 Å². The number of rotatable bonds is 5. The molecular formula is C57H34N4O. The molecule has 0 bridgehead atoms. The van der Waals surface area contributed by atoms with E-state index in [0.717, 1.165) is 88.0 Å². The van der Waals surface area contributed by atoms with Crippen LogP contribution < -0.4 is 0 Å². The highest BCUT2D eigenvalue weighted by molar-refractivity contribution is 6.16. The van der Waals surface area contributed by atoms with Crippen molar-refractivity contribution in [2.24, 2.45) is 0 Å². The van der Waals surface area contributed by atoms with Crippen molar-refractivity contribution in [3.63, 3.8) is 0 Å². The second-order valence-corrected chi connectivity index (χ2v) is 16.0. The minimum absolute atomic E-state index is 0.573. The largest absolute Gasteiger partial charge is 0.456 e. The third kappa shape index (κ3) is 5.45. The van der Waals surface area contributed by atoms with Crippen LogP contribution in [0.15, 0.2) is 211 Å². The van der Waals surface area contributed by atoms with Crippen LogP contribution in [0.1, 0.15) is 0 Å². The molecule has 3 heterocycles. The summed E-state index contributed by atoms with van der Waals surface area (Å²) in [5.74, 6) is 1.78. The average molecular weight is 791 g/mol. The highest BCUT2D eigenvalue weighted by Gasteiger charge is 2.23. The van der Waals surface area contributed by atoms with Crippen molar-refractivity contribution in [2.75, 3.05) is 0 Å². The van der Waals surface area contributed by atoms with Gasteiger partial charge in [0.05, 0.1) is 16.7 Å². The maximum absolute atomic E-state index is 6.80. The van der Waals surface area contributed by atoms with Crippen LogP contribution in [0.3, 0.4) is 0 Å². The van der Waals surface area contributed by atoms with Crippen molar-refractivity contribution in [1.82, 2.24) is 19.5 Å². The molecule has 5 nitrogen and oxygen atoms in total. The molecule has 0 aliphatic rings. The smallest absolute Gasteiger partial charge is 0.166 e. The molecule has 0 N–H and O–H groups in total. The molecule has 10 aromatic carbocycles. The van der Waals surface area contributed by atoms with Gasteiger partial charge in [-0.3, -0.25) is 0 Å². The molecule has 0 fully saturated rings. The Balaban J connectivity index is 1.14. The van der Waals surface area contributed by atoms with Gasteiger partial charge in [0.1, 0.15) is 11.2 Å². The Morgan fingerprint density at radius 2 is 0.839 bits per heavy atom. The molecule has 62 heavy (non-hydrogen) atoms. The van der Waals surface area contributed by atoms with Gasteiger partial charge in [-0.05, 0) is 79.8 Å². The van der Waals surface area contributed by atoms with Gasteiger partial charge in [-0.25, -0.2) is 15.0 Å². The van der Waals surface area contributed by atoms with Crippen LogP contribution in [0, 0.1) is 0 Å². The minimum atomic E-state index is 0.573. The van der Waals surface area contributed by atoms with E-state index in [0.29, 0.717) is 17.5 Å². The van der Waals surface area contributed by atoms with Crippen molar-refractivity contribution in [3.05, 3.63) is 206 Å². The normalized spacial score (nSPS) is 11.9. The van der Waals surface area contributed by atoms with Crippen LogP contribution in [0.5, 0.6) is 0 Å². The van der Waals surface area contributed by atoms with Gasteiger partial charge in [-0.2, -0.15) is 0 Å². The zero-order valence-corrected chi connectivity index (χ0v) is 33.3. The lowest BCUT2D eigenvalue weighted by atomic mass is 10.0.